The molecule has 1 aromatic rings. The van der Waals surface area contributed by atoms with Crippen LogP contribution in [0.3, 0.4) is 0 Å². The van der Waals surface area contributed by atoms with Crippen molar-refractivity contribution >= 4 is 11.4 Å². The number of halogens is 1. The summed E-state index contributed by atoms with van der Waals surface area (Å²) < 4.78 is 13.4. The van der Waals surface area contributed by atoms with Gasteiger partial charge >= 0.3 is 0 Å². The van der Waals surface area contributed by atoms with E-state index in [4.69, 9.17) is 0 Å². The van der Waals surface area contributed by atoms with Gasteiger partial charge in [0.2, 0.25) is 0 Å². The summed E-state index contributed by atoms with van der Waals surface area (Å²) in [4.78, 5) is 12.6. The minimum absolute atomic E-state index is 0.0132. The van der Waals surface area contributed by atoms with E-state index in [1.807, 2.05) is 4.90 Å². The molecule has 0 atom stereocenters. The van der Waals surface area contributed by atoms with Gasteiger partial charge in [0.05, 0.1) is 4.92 Å². The van der Waals surface area contributed by atoms with Crippen molar-refractivity contribution in [3.05, 3.63) is 34.1 Å². The second-order valence-corrected chi connectivity index (χ2v) is 6.00. The summed E-state index contributed by atoms with van der Waals surface area (Å²) in [5.41, 5.74) is 0.390. The van der Waals surface area contributed by atoms with Crippen LogP contribution >= 0.6 is 0 Å². The van der Waals surface area contributed by atoms with Crippen molar-refractivity contribution in [1.29, 1.82) is 0 Å². The van der Waals surface area contributed by atoms with Crippen LogP contribution in [0, 0.1) is 21.8 Å². The van der Waals surface area contributed by atoms with Crippen molar-refractivity contribution in [2.75, 3.05) is 24.5 Å². The smallest absolute Gasteiger partial charge is 0.292 e. The lowest BCUT2D eigenvalue weighted by atomic mass is 10.0. The van der Waals surface area contributed by atoms with E-state index in [1.165, 1.54) is 25.0 Å². The molecule has 1 aliphatic carbocycles. The van der Waals surface area contributed by atoms with E-state index in [0.717, 1.165) is 44.5 Å². The average Bonchev–Trinajstić information content (AvgIpc) is 3.29. The van der Waals surface area contributed by atoms with Crippen LogP contribution in [0.2, 0.25) is 0 Å². The molecule has 1 saturated heterocycles. The Morgan fingerprint density at radius 1 is 1.29 bits per heavy atom. The highest BCUT2D eigenvalue weighted by atomic mass is 19.1. The highest BCUT2D eigenvalue weighted by Crippen LogP contribution is 2.31. The quantitative estimate of drug-likeness (QED) is 0.670. The van der Waals surface area contributed by atoms with Gasteiger partial charge in [0.1, 0.15) is 11.5 Å². The van der Waals surface area contributed by atoms with Crippen LogP contribution in [0.4, 0.5) is 15.8 Å². The summed E-state index contributed by atoms with van der Waals surface area (Å²) in [6.45, 7) is 2.55. The predicted octanol–water partition coefficient (Wildman–Crippen LogP) is 2.70. The van der Waals surface area contributed by atoms with E-state index < -0.39 is 10.7 Å². The van der Waals surface area contributed by atoms with Crippen molar-refractivity contribution in [2.45, 2.75) is 31.7 Å². The van der Waals surface area contributed by atoms with Gasteiger partial charge in [-0.1, -0.05) is 0 Å². The molecule has 21 heavy (non-hydrogen) atoms. The zero-order valence-electron chi connectivity index (χ0n) is 11.9. The summed E-state index contributed by atoms with van der Waals surface area (Å²) in [5, 5.41) is 14.6. The molecule has 2 fully saturated rings. The van der Waals surface area contributed by atoms with Crippen LogP contribution in [0.1, 0.15) is 25.7 Å². The topological polar surface area (TPSA) is 58.4 Å². The maximum atomic E-state index is 13.4. The largest absolute Gasteiger partial charge is 0.366 e. The molecule has 1 saturated carbocycles. The Hall–Kier alpha value is -1.69. The molecule has 0 spiro atoms. The molecule has 0 aromatic heterocycles. The van der Waals surface area contributed by atoms with Crippen molar-refractivity contribution in [3.8, 4) is 0 Å². The molecule has 0 bridgehead atoms. The third kappa shape index (κ3) is 3.50. The van der Waals surface area contributed by atoms with Gasteiger partial charge < -0.3 is 10.2 Å². The monoisotopic (exact) mass is 293 g/mol. The van der Waals surface area contributed by atoms with Gasteiger partial charge in [-0.25, -0.2) is 4.39 Å². The van der Waals surface area contributed by atoms with Gasteiger partial charge in [-0.05, 0) is 44.2 Å². The van der Waals surface area contributed by atoms with Crippen LogP contribution in [0.15, 0.2) is 18.2 Å². The number of hydrogen-bond donors (Lipinski definition) is 1. The van der Waals surface area contributed by atoms with E-state index in [9.17, 15) is 14.5 Å². The SMILES string of the molecule is O=[N+]([O-])c1ccc(F)cc1N1CCC(NCC2CC2)CC1. The molecule has 114 valence electrons. The van der Waals surface area contributed by atoms with Gasteiger partial charge in [0.25, 0.3) is 5.69 Å². The minimum atomic E-state index is -0.438. The lowest BCUT2D eigenvalue weighted by molar-refractivity contribution is -0.384. The molecule has 2 aliphatic rings. The summed E-state index contributed by atoms with van der Waals surface area (Å²) >= 11 is 0. The predicted molar refractivity (Wildman–Crippen MR) is 79.0 cm³/mol. The first-order chi connectivity index (χ1) is 10.1. The zero-order valence-corrected chi connectivity index (χ0v) is 11.9. The van der Waals surface area contributed by atoms with E-state index in [0.29, 0.717) is 11.7 Å². The second-order valence-electron chi connectivity index (χ2n) is 6.00. The van der Waals surface area contributed by atoms with E-state index >= 15 is 0 Å². The molecular formula is C15H20FN3O2. The Balaban J connectivity index is 1.63. The summed E-state index contributed by atoms with van der Waals surface area (Å²) in [6, 6.07) is 4.15. The van der Waals surface area contributed by atoms with Crippen molar-refractivity contribution < 1.29 is 9.31 Å². The highest BCUT2D eigenvalue weighted by molar-refractivity contribution is 5.63. The standard InChI is InChI=1S/C15H20FN3O2/c16-12-3-4-14(19(20)21)15(9-12)18-7-5-13(6-8-18)17-10-11-1-2-11/h3-4,9,11,13,17H,1-2,5-8,10H2. The number of hydrogen-bond acceptors (Lipinski definition) is 4. The van der Waals surface area contributed by atoms with Crippen molar-refractivity contribution in [2.24, 2.45) is 5.92 Å². The van der Waals surface area contributed by atoms with Gasteiger partial charge in [0.15, 0.2) is 0 Å². The van der Waals surface area contributed by atoms with E-state index in [1.54, 1.807) is 0 Å². The molecular weight excluding hydrogens is 273 g/mol. The fraction of sp³-hybridized carbons (Fsp3) is 0.600. The number of piperidine rings is 1. The highest BCUT2D eigenvalue weighted by Gasteiger charge is 2.27. The minimum Gasteiger partial charge on any atom is -0.366 e. The summed E-state index contributed by atoms with van der Waals surface area (Å²) in [5.74, 6) is 0.428. The molecule has 1 aliphatic heterocycles. The first kappa shape index (κ1) is 14.3. The summed E-state index contributed by atoms with van der Waals surface area (Å²) in [7, 11) is 0. The van der Waals surface area contributed by atoms with Crippen LogP contribution in [0.25, 0.3) is 0 Å². The molecule has 0 radical (unpaired) electrons. The van der Waals surface area contributed by atoms with Gasteiger partial charge in [-0.15, -0.1) is 0 Å². The average molecular weight is 293 g/mol. The lowest BCUT2D eigenvalue weighted by Gasteiger charge is -2.33. The van der Waals surface area contributed by atoms with Crippen LogP contribution in [-0.2, 0) is 0 Å². The second kappa shape index (κ2) is 5.97. The number of nitrogens with one attached hydrogen (secondary N) is 1. The Kier molecular flexibility index (Phi) is 4.05. The number of nitrogens with zero attached hydrogens (tertiary/aromatic N) is 2. The van der Waals surface area contributed by atoms with Crippen molar-refractivity contribution in [3.63, 3.8) is 0 Å². The Morgan fingerprint density at radius 2 is 2.00 bits per heavy atom. The third-order valence-electron chi connectivity index (χ3n) is 4.36. The van der Waals surface area contributed by atoms with Crippen LogP contribution in [0.5, 0.6) is 0 Å². The first-order valence-electron chi connectivity index (χ1n) is 7.56. The molecule has 0 amide bonds. The number of anilines is 1. The fourth-order valence-corrected chi connectivity index (χ4v) is 2.88. The molecule has 3 rings (SSSR count). The molecule has 0 unspecified atom stereocenters. The van der Waals surface area contributed by atoms with Crippen molar-refractivity contribution in [1.82, 2.24) is 5.32 Å². The number of nitro groups is 1. The van der Waals surface area contributed by atoms with E-state index in [2.05, 4.69) is 5.32 Å². The fourth-order valence-electron chi connectivity index (χ4n) is 2.88. The molecule has 1 N–H and O–H groups in total. The van der Waals surface area contributed by atoms with Gasteiger partial charge in [-0.3, -0.25) is 10.1 Å². The maximum Gasteiger partial charge on any atom is 0.292 e. The molecule has 1 heterocycles. The van der Waals surface area contributed by atoms with Gasteiger partial charge in [0, 0.05) is 31.3 Å². The van der Waals surface area contributed by atoms with Crippen LogP contribution < -0.4 is 10.2 Å². The Labute approximate surface area is 123 Å². The normalized spacial score (nSPS) is 19.8. The van der Waals surface area contributed by atoms with E-state index in [-0.39, 0.29) is 5.69 Å². The molecule has 6 heteroatoms. The number of nitro benzene ring substituents is 1. The molecule has 5 nitrogen and oxygen atoms in total. The third-order valence-corrected chi connectivity index (χ3v) is 4.36. The summed E-state index contributed by atoms with van der Waals surface area (Å²) in [6.07, 6.45) is 4.56. The zero-order chi connectivity index (χ0) is 14.8. The number of rotatable bonds is 5. The Morgan fingerprint density at radius 3 is 2.62 bits per heavy atom. The lowest BCUT2D eigenvalue weighted by Crippen LogP contribution is -2.43. The first-order valence-corrected chi connectivity index (χ1v) is 7.56. The molecule has 1 aromatic carbocycles. The van der Waals surface area contributed by atoms with Gasteiger partial charge in [-0.2, -0.15) is 0 Å². The number of benzene rings is 1. The van der Waals surface area contributed by atoms with Crippen LogP contribution in [-0.4, -0.2) is 30.6 Å². The maximum absolute atomic E-state index is 13.4. The Bertz CT molecular complexity index is 526.